The maximum absolute atomic E-state index is 4.70. The summed E-state index contributed by atoms with van der Waals surface area (Å²) >= 11 is 0. The van der Waals surface area contributed by atoms with Crippen LogP contribution in [-0.2, 0) is 12.8 Å². The number of rotatable bonds is 12. The van der Waals surface area contributed by atoms with Crippen LogP contribution in [0.25, 0.3) is 22.4 Å². The molecular weight excluding hydrogens is 362 g/mol. The van der Waals surface area contributed by atoms with Gasteiger partial charge in [-0.2, -0.15) is 0 Å². The van der Waals surface area contributed by atoms with E-state index in [0.717, 1.165) is 12.1 Å². The van der Waals surface area contributed by atoms with Crippen LogP contribution in [-0.4, -0.2) is 4.98 Å². The van der Waals surface area contributed by atoms with Gasteiger partial charge in [0.2, 0.25) is 0 Å². The Morgan fingerprint density at radius 3 is 1.53 bits per heavy atom. The number of benzene rings is 2. The molecule has 0 unspecified atom stereocenters. The molecule has 0 radical (unpaired) electrons. The standard InChI is InChI=1S/C29H37N/c1-3-5-7-9-11-24-13-16-26(17-14-24)27-18-20-28(21-19-27)29-22-15-25(23-30-29)12-10-8-6-4-2/h13-23H,3-12H2,1-2H3. The van der Waals surface area contributed by atoms with E-state index >= 15 is 0 Å². The smallest absolute Gasteiger partial charge is 0.0702 e. The third-order valence-corrected chi connectivity index (χ3v) is 5.93. The van der Waals surface area contributed by atoms with Crippen molar-refractivity contribution in [1.82, 2.24) is 4.98 Å². The predicted octanol–water partition coefficient (Wildman–Crippen LogP) is 8.66. The zero-order valence-corrected chi connectivity index (χ0v) is 18.9. The molecule has 0 N–H and O–H groups in total. The molecular formula is C29H37N. The van der Waals surface area contributed by atoms with Gasteiger partial charge in [-0.3, -0.25) is 4.98 Å². The molecule has 3 aromatic rings. The SMILES string of the molecule is CCCCCCc1ccc(-c2ccc(-c3ccc(CCCCCC)cn3)cc2)cc1. The molecule has 1 heteroatoms. The van der Waals surface area contributed by atoms with Gasteiger partial charge in [-0.1, -0.05) is 107 Å². The van der Waals surface area contributed by atoms with Crippen LogP contribution in [0.15, 0.2) is 66.9 Å². The molecule has 0 atom stereocenters. The zero-order chi connectivity index (χ0) is 21.0. The Kier molecular flexibility index (Phi) is 9.15. The van der Waals surface area contributed by atoms with E-state index in [0.29, 0.717) is 0 Å². The fourth-order valence-electron chi connectivity index (χ4n) is 3.95. The molecule has 0 fully saturated rings. The minimum absolute atomic E-state index is 1.06. The highest BCUT2D eigenvalue weighted by Crippen LogP contribution is 2.25. The van der Waals surface area contributed by atoms with Gasteiger partial charge in [-0.25, -0.2) is 0 Å². The quantitative estimate of drug-likeness (QED) is 0.278. The first kappa shape index (κ1) is 22.3. The first-order valence-electron chi connectivity index (χ1n) is 11.9. The van der Waals surface area contributed by atoms with Crippen molar-refractivity contribution < 1.29 is 0 Å². The molecule has 0 amide bonds. The van der Waals surface area contributed by atoms with Gasteiger partial charge in [0.25, 0.3) is 0 Å². The summed E-state index contributed by atoms with van der Waals surface area (Å²) in [4.78, 5) is 4.70. The van der Waals surface area contributed by atoms with E-state index in [-0.39, 0.29) is 0 Å². The summed E-state index contributed by atoms with van der Waals surface area (Å²) < 4.78 is 0. The molecule has 1 nitrogen and oxygen atoms in total. The first-order valence-corrected chi connectivity index (χ1v) is 11.9. The lowest BCUT2D eigenvalue weighted by molar-refractivity contribution is 0.666. The molecule has 2 aromatic carbocycles. The van der Waals surface area contributed by atoms with Crippen LogP contribution >= 0.6 is 0 Å². The lowest BCUT2D eigenvalue weighted by Gasteiger charge is -2.07. The summed E-state index contributed by atoms with van der Waals surface area (Å²) in [5.41, 5.74) is 7.59. The van der Waals surface area contributed by atoms with Crippen molar-refractivity contribution in [3.63, 3.8) is 0 Å². The van der Waals surface area contributed by atoms with Gasteiger partial charge in [0.15, 0.2) is 0 Å². The van der Waals surface area contributed by atoms with Crippen molar-refractivity contribution >= 4 is 0 Å². The molecule has 0 aliphatic rings. The Morgan fingerprint density at radius 2 is 1.00 bits per heavy atom. The zero-order valence-electron chi connectivity index (χ0n) is 18.9. The summed E-state index contributed by atoms with van der Waals surface area (Å²) in [7, 11) is 0. The maximum atomic E-state index is 4.70. The monoisotopic (exact) mass is 399 g/mol. The predicted molar refractivity (Wildman–Crippen MR) is 131 cm³/mol. The van der Waals surface area contributed by atoms with Crippen molar-refractivity contribution in [1.29, 1.82) is 0 Å². The molecule has 0 spiro atoms. The number of aromatic nitrogens is 1. The van der Waals surface area contributed by atoms with Crippen LogP contribution in [0.4, 0.5) is 0 Å². The minimum atomic E-state index is 1.06. The van der Waals surface area contributed by atoms with Crippen LogP contribution in [0.2, 0.25) is 0 Å². The molecule has 0 bridgehead atoms. The third kappa shape index (κ3) is 6.83. The van der Waals surface area contributed by atoms with Crippen molar-refractivity contribution in [2.45, 2.75) is 78.1 Å². The van der Waals surface area contributed by atoms with Gasteiger partial charge >= 0.3 is 0 Å². The van der Waals surface area contributed by atoms with Gasteiger partial charge in [0.1, 0.15) is 0 Å². The van der Waals surface area contributed by atoms with Crippen molar-refractivity contribution in [3.05, 3.63) is 78.0 Å². The number of pyridine rings is 1. The molecule has 158 valence electrons. The summed E-state index contributed by atoms with van der Waals surface area (Å²) in [6, 6.07) is 22.3. The van der Waals surface area contributed by atoms with E-state index < -0.39 is 0 Å². The molecule has 0 aliphatic carbocycles. The molecule has 0 saturated carbocycles. The van der Waals surface area contributed by atoms with E-state index in [9.17, 15) is 0 Å². The van der Waals surface area contributed by atoms with E-state index in [1.165, 1.54) is 85.6 Å². The molecule has 3 rings (SSSR count). The van der Waals surface area contributed by atoms with Crippen LogP contribution in [0.5, 0.6) is 0 Å². The lowest BCUT2D eigenvalue weighted by Crippen LogP contribution is -1.90. The van der Waals surface area contributed by atoms with Gasteiger partial charge in [-0.05, 0) is 54.0 Å². The van der Waals surface area contributed by atoms with Gasteiger partial charge < -0.3 is 0 Å². The van der Waals surface area contributed by atoms with Gasteiger partial charge in [0, 0.05) is 11.8 Å². The first-order chi connectivity index (χ1) is 14.8. The van der Waals surface area contributed by atoms with E-state index in [1.54, 1.807) is 0 Å². The van der Waals surface area contributed by atoms with Crippen LogP contribution < -0.4 is 0 Å². The van der Waals surface area contributed by atoms with E-state index in [2.05, 4.69) is 80.7 Å². The topological polar surface area (TPSA) is 12.9 Å². The van der Waals surface area contributed by atoms with Gasteiger partial charge in [0.05, 0.1) is 5.69 Å². The Morgan fingerprint density at radius 1 is 0.500 bits per heavy atom. The van der Waals surface area contributed by atoms with Crippen molar-refractivity contribution in [3.8, 4) is 22.4 Å². The minimum Gasteiger partial charge on any atom is -0.256 e. The Balaban J connectivity index is 1.56. The largest absolute Gasteiger partial charge is 0.256 e. The van der Waals surface area contributed by atoms with Gasteiger partial charge in [-0.15, -0.1) is 0 Å². The second-order valence-electron chi connectivity index (χ2n) is 8.45. The molecule has 0 saturated heterocycles. The highest BCUT2D eigenvalue weighted by molar-refractivity contribution is 5.69. The number of hydrogen-bond acceptors (Lipinski definition) is 1. The Labute approximate surface area is 183 Å². The molecule has 1 aromatic heterocycles. The van der Waals surface area contributed by atoms with Crippen LogP contribution in [0.3, 0.4) is 0 Å². The maximum Gasteiger partial charge on any atom is 0.0702 e. The fourth-order valence-corrected chi connectivity index (χ4v) is 3.95. The number of aryl methyl sites for hydroxylation is 2. The third-order valence-electron chi connectivity index (χ3n) is 5.93. The average molecular weight is 400 g/mol. The Hall–Kier alpha value is -2.41. The van der Waals surface area contributed by atoms with Crippen LogP contribution in [0, 0.1) is 0 Å². The van der Waals surface area contributed by atoms with Crippen LogP contribution in [0.1, 0.15) is 76.3 Å². The lowest BCUT2D eigenvalue weighted by atomic mass is 9.99. The summed E-state index contributed by atoms with van der Waals surface area (Å²) in [6.07, 6.45) is 14.9. The molecule has 0 aliphatic heterocycles. The van der Waals surface area contributed by atoms with E-state index in [1.807, 2.05) is 0 Å². The molecule has 30 heavy (non-hydrogen) atoms. The number of nitrogens with zero attached hydrogens (tertiary/aromatic N) is 1. The number of unbranched alkanes of at least 4 members (excludes halogenated alkanes) is 6. The van der Waals surface area contributed by atoms with E-state index in [4.69, 9.17) is 4.98 Å². The fraction of sp³-hybridized carbons (Fsp3) is 0.414. The van der Waals surface area contributed by atoms with Crippen molar-refractivity contribution in [2.75, 3.05) is 0 Å². The molecule has 1 heterocycles. The Bertz CT molecular complexity index is 770. The highest BCUT2D eigenvalue weighted by atomic mass is 14.7. The second-order valence-corrected chi connectivity index (χ2v) is 8.45. The average Bonchev–Trinajstić information content (AvgIpc) is 2.81. The number of hydrogen-bond donors (Lipinski definition) is 0. The normalized spacial score (nSPS) is 11.0. The second kappa shape index (κ2) is 12.3. The summed E-state index contributed by atoms with van der Waals surface area (Å²) in [5, 5.41) is 0. The summed E-state index contributed by atoms with van der Waals surface area (Å²) in [5.74, 6) is 0. The van der Waals surface area contributed by atoms with Crippen molar-refractivity contribution in [2.24, 2.45) is 0 Å². The summed E-state index contributed by atoms with van der Waals surface area (Å²) in [6.45, 7) is 4.52. The highest BCUT2D eigenvalue weighted by Gasteiger charge is 2.03.